The first-order valence-electron chi connectivity index (χ1n) is 7.10. The molecule has 2 aromatic rings. The molecule has 0 bridgehead atoms. The zero-order valence-corrected chi connectivity index (χ0v) is 17.5. The van der Waals surface area contributed by atoms with E-state index in [1.807, 2.05) is 26.0 Å². The van der Waals surface area contributed by atoms with E-state index in [-0.39, 0.29) is 35.1 Å². The fourth-order valence-electron chi connectivity index (χ4n) is 2.09. The Morgan fingerprint density at radius 3 is 2.54 bits per heavy atom. The van der Waals surface area contributed by atoms with Crippen LogP contribution in [0, 0.1) is 5.92 Å². The zero-order valence-electron chi connectivity index (χ0n) is 13.9. The number of nitrogens with zero attached hydrogens (tertiary/aromatic N) is 2. The molecule has 1 saturated heterocycles. The van der Waals surface area contributed by atoms with Gasteiger partial charge in [0.25, 0.3) is 0 Å². The molecule has 124 valence electrons. The van der Waals surface area contributed by atoms with E-state index >= 15 is 0 Å². The van der Waals surface area contributed by atoms with Crippen molar-refractivity contribution >= 4 is 34.7 Å². The molecule has 0 aliphatic carbocycles. The minimum atomic E-state index is -1.11. The number of aliphatic hydroxyl groups is 1. The third-order valence-corrected chi connectivity index (χ3v) is 4.65. The van der Waals surface area contributed by atoms with Crippen LogP contribution in [-0.4, -0.2) is 34.8 Å². The molecular formula is C16H18ClN2NaO3S. The number of anilines is 1. The molecule has 3 rings (SSSR count). The first kappa shape index (κ1) is 21.4. The van der Waals surface area contributed by atoms with E-state index in [0.717, 1.165) is 18.9 Å². The van der Waals surface area contributed by atoms with Crippen molar-refractivity contribution in [3.8, 4) is 0 Å². The van der Waals surface area contributed by atoms with E-state index in [9.17, 15) is 15.0 Å². The molecule has 8 heteroatoms. The molecule has 2 aromatic heterocycles. The quantitative estimate of drug-likeness (QED) is 0.700. The summed E-state index contributed by atoms with van der Waals surface area (Å²) < 4.78 is 0. The second-order valence-electron chi connectivity index (χ2n) is 5.86. The van der Waals surface area contributed by atoms with Crippen molar-refractivity contribution < 1.29 is 44.6 Å². The van der Waals surface area contributed by atoms with Crippen LogP contribution in [0.2, 0.25) is 5.02 Å². The van der Waals surface area contributed by atoms with E-state index in [1.54, 1.807) is 11.6 Å². The minimum absolute atomic E-state index is 0. The number of aromatic carboxylic acids is 1. The van der Waals surface area contributed by atoms with Crippen LogP contribution in [0.5, 0.6) is 0 Å². The predicted molar refractivity (Wildman–Crippen MR) is 89.9 cm³/mol. The number of carbonyl (C=O) groups excluding carboxylic acids is 1. The molecule has 0 unspecified atom stereocenters. The fraction of sp³-hybridized carbons (Fsp3) is 0.375. The summed E-state index contributed by atoms with van der Waals surface area (Å²) in [5.41, 5.74) is -0.354. The SMILES string of the molecule is CC(C)(O)C1CN(c2ncccc2Cl)C1.O=C([O-])c1ccsc1.[Na+]. The molecule has 5 nitrogen and oxygen atoms in total. The zero-order chi connectivity index (χ0) is 17.0. The van der Waals surface area contributed by atoms with Gasteiger partial charge in [-0.05, 0) is 42.8 Å². The number of halogens is 1. The van der Waals surface area contributed by atoms with Gasteiger partial charge in [-0.2, -0.15) is 11.3 Å². The molecule has 0 aromatic carbocycles. The van der Waals surface area contributed by atoms with Gasteiger partial charge in [-0.15, -0.1) is 0 Å². The van der Waals surface area contributed by atoms with Crippen molar-refractivity contribution in [2.75, 3.05) is 18.0 Å². The van der Waals surface area contributed by atoms with E-state index in [1.165, 1.54) is 22.8 Å². The topological polar surface area (TPSA) is 76.5 Å². The molecule has 0 saturated carbocycles. The molecule has 24 heavy (non-hydrogen) atoms. The first-order chi connectivity index (χ1) is 10.8. The van der Waals surface area contributed by atoms with Crippen LogP contribution in [0.15, 0.2) is 35.2 Å². The Labute approximate surface area is 172 Å². The van der Waals surface area contributed by atoms with Gasteiger partial charge in [0.15, 0.2) is 0 Å². The maximum Gasteiger partial charge on any atom is 1.00 e. The second kappa shape index (κ2) is 9.17. The molecule has 1 aliphatic rings. The normalized spacial score (nSPS) is 14.1. The fourth-order valence-corrected chi connectivity index (χ4v) is 2.96. The maximum atomic E-state index is 9.96. The van der Waals surface area contributed by atoms with Gasteiger partial charge >= 0.3 is 29.6 Å². The van der Waals surface area contributed by atoms with E-state index in [4.69, 9.17) is 11.6 Å². The van der Waals surface area contributed by atoms with E-state index in [2.05, 4.69) is 9.88 Å². The number of hydrogen-bond acceptors (Lipinski definition) is 6. The molecule has 1 N–H and O–H groups in total. The Kier molecular flexibility index (Phi) is 8.19. The van der Waals surface area contributed by atoms with Gasteiger partial charge in [0.1, 0.15) is 5.82 Å². The van der Waals surface area contributed by atoms with Crippen LogP contribution < -0.4 is 39.6 Å². The Balaban J connectivity index is 0.000000273. The Bertz CT molecular complexity index is 656. The van der Waals surface area contributed by atoms with Gasteiger partial charge in [-0.3, -0.25) is 0 Å². The number of aromatic nitrogens is 1. The Morgan fingerprint density at radius 1 is 1.46 bits per heavy atom. The van der Waals surface area contributed by atoms with E-state index < -0.39 is 11.6 Å². The number of pyridine rings is 1. The first-order valence-corrected chi connectivity index (χ1v) is 8.42. The van der Waals surface area contributed by atoms with Crippen LogP contribution in [0.4, 0.5) is 5.82 Å². The summed E-state index contributed by atoms with van der Waals surface area (Å²) >= 11 is 7.37. The summed E-state index contributed by atoms with van der Waals surface area (Å²) in [6, 6.07) is 5.17. The largest absolute Gasteiger partial charge is 1.00 e. The summed E-state index contributed by atoms with van der Waals surface area (Å²) in [6.07, 6.45) is 1.73. The number of thiophene rings is 1. The van der Waals surface area contributed by atoms with Crippen molar-refractivity contribution in [3.63, 3.8) is 0 Å². The number of carboxylic acids is 1. The van der Waals surface area contributed by atoms with Gasteiger partial charge in [0, 0.05) is 30.8 Å². The van der Waals surface area contributed by atoms with Gasteiger partial charge in [0.2, 0.25) is 0 Å². The monoisotopic (exact) mass is 376 g/mol. The predicted octanol–water partition coefficient (Wildman–Crippen LogP) is -0.942. The number of carboxylic acid groups (broad SMARTS) is 1. The number of rotatable bonds is 3. The summed E-state index contributed by atoms with van der Waals surface area (Å²) in [7, 11) is 0. The van der Waals surface area contributed by atoms with Crippen LogP contribution in [-0.2, 0) is 0 Å². The van der Waals surface area contributed by atoms with Crippen molar-refractivity contribution in [2.24, 2.45) is 5.92 Å². The average Bonchev–Trinajstić information content (AvgIpc) is 2.92. The van der Waals surface area contributed by atoms with Crippen molar-refractivity contribution in [2.45, 2.75) is 19.4 Å². The minimum Gasteiger partial charge on any atom is -0.545 e. The van der Waals surface area contributed by atoms with Gasteiger partial charge in [-0.1, -0.05) is 11.6 Å². The second-order valence-corrected chi connectivity index (χ2v) is 7.05. The average molecular weight is 377 g/mol. The molecule has 0 amide bonds. The smallest absolute Gasteiger partial charge is 0.545 e. The van der Waals surface area contributed by atoms with Crippen LogP contribution in [0.1, 0.15) is 24.2 Å². The molecule has 3 heterocycles. The van der Waals surface area contributed by atoms with Crippen molar-refractivity contribution in [3.05, 3.63) is 45.7 Å². The summed E-state index contributed by atoms with van der Waals surface area (Å²) in [4.78, 5) is 16.3. The molecule has 0 radical (unpaired) electrons. The van der Waals surface area contributed by atoms with Gasteiger partial charge < -0.3 is 19.9 Å². The Morgan fingerprint density at radius 2 is 2.12 bits per heavy atom. The third-order valence-electron chi connectivity index (χ3n) is 3.68. The number of hydrogen-bond donors (Lipinski definition) is 1. The van der Waals surface area contributed by atoms with E-state index in [0.29, 0.717) is 10.9 Å². The van der Waals surface area contributed by atoms with Gasteiger partial charge in [-0.25, -0.2) is 4.98 Å². The number of carbonyl (C=O) groups is 1. The third kappa shape index (κ3) is 5.72. The molecular weight excluding hydrogens is 359 g/mol. The molecule has 0 atom stereocenters. The maximum absolute atomic E-state index is 9.96. The van der Waals surface area contributed by atoms with Crippen LogP contribution in [0.25, 0.3) is 0 Å². The van der Waals surface area contributed by atoms with Gasteiger partial charge in [0.05, 0.1) is 16.6 Å². The summed E-state index contributed by atoms with van der Waals surface area (Å²) in [5, 5.41) is 23.7. The molecule has 1 aliphatic heterocycles. The Hall–Kier alpha value is -0.630. The van der Waals surface area contributed by atoms with Crippen molar-refractivity contribution in [1.82, 2.24) is 4.98 Å². The summed E-state index contributed by atoms with van der Waals surface area (Å²) in [6.45, 7) is 5.32. The van der Waals surface area contributed by atoms with Crippen molar-refractivity contribution in [1.29, 1.82) is 0 Å². The standard InChI is InChI=1S/C11H15ClN2O.C5H4O2S.Na/c1-11(2,15)8-6-14(7-8)10-9(12)4-3-5-13-10;6-5(7)4-1-2-8-3-4;/h3-5,8,15H,6-7H2,1-2H3;1-3H,(H,6,7);/q;;+1/p-1. The molecule has 1 fully saturated rings. The molecule has 0 spiro atoms. The van der Waals surface area contributed by atoms with Crippen LogP contribution in [0.3, 0.4) is 0 Å². The van der Waals surface area contributed by atoms with Crippen LogP contribution >= 0.6 is 22.9 Å². The summed E-state index contributed by atoms with van der Waals surface area (Å²) in [5.74, 6) is 0.0153.